The standard InChI is InChI=1S/C16H16N4OS/c1-8-9(2)17-13-11(8)4-3-5-12(13)14(21)18-16-20-19-15(22-16)10-6-7-10/h3-5,10,17H,6-7H2,1-2H3,(H,18,20,21). The second-order valence-corrected chi connectivity index (χ2v) is 6.79. The number of carbonyl (C=O) groups excluding carboxylic acids is 1. The molecule has 0 unspecified atom stereocenters. The van der Waals surface area contributed by atoms with Gasteiger partial charge in [0.2, 0.25) is 5.13 Å². The van der Waals surface area contributed by atoms with Gasteiger partial charge in [0.15, 0.2) is 0 Å². The van der Waals surface area contributed by atoms with Crippen molar-refractivity contribution in [3.8, 4) is 0 Å². The van der Waals surface area contributed by atoms with Gasteiger partial charge < -0.3 is 4.98 Å². The molecule has 1 aliphatic rings. The zero-order chi connectivity index (χ0) is 15.3. The summed E-state index contributed by atoms with van der Waals surface area (Å²) in [6.45, 7) is 4.08. The van der Waals surface area contributed by atoms with Gasteiger partial charge in [0.25, 0.3) is 5.91 Å². The fraction of sp³-hybridized carbons (Fsp3) is 0.312. The number of benzene rings is 1. The number of hydrogen-bond acceptors (Lipinski definition) is 4. The van der Waals surface area contributed by atoms with E-state index in [2.05, 4.69) is 27.4 Å². The molecule has 0 atom stereocenters. The Labute approximate surface area is 131 Å². The van der Waals surface area contributed by atoms with E-state index in [1.54, 1.807) is 0 Å². The van der Waals surface area contributed by atoms with Crippen LogP contribution in [0.15, 0.2) is 18.2 Å². The smallest absolute Gasteiger partial charge is 0.259 e. The van der Waals surface area contributed by atoms with Gasteiger partial charge in [0, 0.05) is 17.0 Å². The van der Waals surface area contributed by atoms with Gasteiger partial charge in [-0.25, -0.2) is 0 Å². The molecule has 0 radical (unpaired) electrons. The van der Waals surface area contributed by atoms with Crippen LogP contribution >= 0.6 is 11.3 Å². The van der Waals surface area contributed by atoms with Crippen molar-refractivity contribution in [1.82, 2.24) is 15.2 Å². The van der Waals surface area contributed by atoms with Crippen LogP contribution in [0.3, 0.4) is 0 Å². The zero-order valence-electron chi connectivity index (χ0n) is 12.4. The van der Waals surface area contributed by atoms with Gasteiger partial charge in [0.05, 0.1) is 11.1 Å². The molecule has 0 aliphatic heterocycles. The Balaban J connectivity index is 1.65. The number of rotatable bonds is 3. The topological polar surface area (TPSA) is 70.7 Å². The number of aromatic amines is 1. The fourth-order valence-corrected chi connectivity index (χ4v) is 3.52. The molecule has 1 aliphatic carbocycles. The summed E-state index contributed by atoms with van der Waals surface area (Å²) >= 11 is 1.48. The molecule has 2 N–H and O–H groups in total. The first-order valence-electron chi connectivity index (χ1n) is 7.36. The lowest BCUT2D eigenvalue weighted by atomic mass is 10.1. The van der Waals surface area contributed by atoms with E-state index in [9.17, 15) is 4.79 Å². The molecule has 22 heavy (non-hydrogen) atoms. The van der Waals surface area contributed by atoms with E-state index in [0.29, 0.717) is 16.6 Å². The predicted octanol–water partition coefficient (Wildman–Crippen LogP) is 3.77. The molecule has 1 aromatic carbocycles. The Kier molecular flexibility index (Phi) is 3.00. The number of nitrogens with one attached hydrogen (secondary N) is 2. The molecule has 112 valence electrons. The van der Waals surface area contributed by atoms with Gasteiger partial charge in [-0.05, 0) is 38.3 Å². The Morgan fingerprint density at radius 2 is 2.14 bits per heavy atom. The van der Waals surface area contributed by atoms with Crippen molar-refractivity contribution >= 4 is 33.3 Å². The number of fused-ring (bicyclic) bond motifs is 1. The van der Waals surface area contributed by atoms with E-state index in [1.807, 2.05) is 25.1 Å². The number of anilines is 1. The summed E-state index contributed by atoms with van der Waals surface area (Å²) in [4.78, 5) is 15.9. The molecule has 2 heterocycles. The van der Waals surface area contributed by atoms with Crippen LogP contribution in [0.2, 0.25) is 0 Å². The Morgan fingerprint density at radius 1 is 1.32 bits per heavy atom. The third kappa shape index (κ3) is 2.20. The van der Waals surface area contributed by atoms with Crippen LogP contribution in [0.1, 0.15) is 45.4 Å². The summed E-state index contributed by atoms with van der Waals surface area (Å²) in [6.07, 6.45) is 2.37. The summed E-state index contributed by atoms with van der Waals surface area (Å²) in [5.74, 6) is 0.408. The van der Waals surface area contributed by atoms with E-state index in [-0.39, 0.29) is 5.91 Å². The van der Waals surface area contributed by atoms with Gasteiger partial charge in [0.1, 0.15) is 5.01 Å². The van der Waals surface area contributed by atoms with Crippen molar-refractivity contribution in [2.24, 2.45) is 0 Å². The second kappa shape index (κ2) is 4.91. The molecular weight excluding hydrogens is 296 g/mol. The fourth-order valence-electron chi connectivity index (χ4n) is 2.62. The van der Waals surface area contributed by atoms with Crippen LogP contribution in [-0.4, -0.2) is 21.1 Å². The normalized spacial score (nSPS) is 14.5. The van der Waals surface area contributed by atoms with Gasteiger partial charge >= 0.3 is 0 Å². The van der Waals surface area contributed by atoms with E-state index >= 15 is 0 Å². The highest BCUT2D eigenvalue weighted by molar-refractivity contribution is 7.15. The Hall–Kier alpha value is -2.21. The third-order valence-corrected chi connectivity index (χ3v) is 5.18. The molecular formula is C16H16N4OS. The highest BCUT2D eigenvalue weighted by atomic mass is 32.1. The molecule has 1 saturated carbocycles. The largest absolute Gasteiger partial charge is 0.358 e. The number of aryl methyl sites for hydroxylation is 2. The van der Waals surface area contributed by atoms with E-state index in [0.717, 1.165) is 21.6 Å². The van der Waals surface area contributed by atoms with Crippen molar-refractivity contribution < 1.29 is 4.79 Å². The molecule has 4 rings (SSSR count). The lowest BCUT2D eigenvalue weighted by Crippen LogP contribution is -2.12. The van der Waals surface area contributed by atoms with Crippen LogP contribution in [0.5, 0.6) is 0 Å². The number of nitrogens with zero attached hydrogens (tertiary/aromatic N) is 2. The molecule has 0 saturated heterocycles. The Morgan fingerprint density at radius 3 is 2.91 bits per heavy atom. The van der Waals surface area contributed by atoms with Gasteiger partial charge in [-0.1, -0.05) is 23.5 Å². The van der Waals surface area contributed by atoms with Gasteiger partial charge in [-0.2, -0.15) is 0 Å². The summed E-state index contributed by atoms with van der Waals surface area (Å²) in [7, 11) is 0. The molecule has 2 aromatic heterocycles. The van der Waals surface area contributed by atoms with Crippen molar-refractivity contribution in [3.63, 3.8) is 0 Å². The lowest BCUT2D eigenvalue weighted by Gasteiger charge is -2.03. The van der Waals surface area contributed by atoms with Crippen LogP contribution in [0.4, 0.5) is 5.13 Å². The molecule has 0 spiro atoms. The number of carbonyl (C=O) groups is 1. The van der Waals surface area contributed by atoms with Crippen molar-refractivity contribution in [2.45, 2.75) is 32.6 Å². The average molecular weight is 312 g/mol. The van der Waals surface area contributed by atoms with Crippen LogP contribution in [0, 0.1) is 13.8 Å². The number of amides is 1. The number of hydrogen-bond donors (Lipinski definition) is 2. The molecule has 0 bridgehead atoms. The van der Waals surface area contributed by atoms with Crippen molar-refractivity contribution in [2.75, 3.05) is 5.32 Å². The molecule has 1 amide bonds. The molecule has 5 nitrogen and oxygen atoms in total. The van der Waals surface area contributed by atoms with Crippen LogP contribution < -0.4 is 5.32 Å². The molecule has 1 fully saturated rings. The van der Waals surface area contributed by atoms with E-state index in [4.69, 9.17) is 0 Å². The van der Waals surface area contributed by atoms with Crippen LogP contribution in [0.25, 0.3) is 10.9 Å². The number of H-pyrrole nitrogens is 1. The second-order valence-electron chi connectivity index (χ2n) is 5.78. The minimum atomic E-state index is -0.148. The minimum Gasteiger partial charge on any atom is -0.358 e. The first-order valence-corrected chi connectivity index (χ1v) is 8.18. The van der Waals surface area contributed by atoms with Gasteiger partial charge in [-0.3, -0.25) is 10.1 Å². The van der Waals surface area contributed by atoms with Crippen molar-refractivity contribution in [3.05, 3.63) is 40.0 Å². The quantitative estimate of drug-likeness (QED) is 0.773. The summed E-state index contributed by atoms with van der Waals surface area (Å²) in [6, 6.07) is 5.77. The first kappa shape index (κ1) is 13.5. The molecule has 6 heteroatoms. The molecule has 3 aromatic rings. The summed E-state index contributed by atoms with van der Waals surface area (Å²) in [5, 5.41) is 13.8. The maximum Gasteiger partial charge on any atom is 0.259 e. The predicted molar refractivity (Wildman–Crippen MR) is 87.6 cm³/mol. The highest BCUT2D eigenvalue weighted by Crippen LogP contribution is 2.42. The third-order valence-electron chi connectivity index (χ3n) is 4.18. The van der Waals surface area contributed by atoms with Crippen LogP contribution in [-0.2, 0) is 0 Å². The first-order chi connectivity index (χ1) is 10.6. The summed E-state index contributed by atoms with van der Waals surface area (Å²) in [5.41, 5.74) is 3.78. The maximum absolute atomic E-state index is 12.6. The monoisotopic (exact) mass is 312 g/mol. The summed E-state index contributed by atoms with van der Waals surface area (Å²) < 4.78 is 0. The van der Waals surface area contributed by atoms with Crippen molar-refractivity contribution in [1.29, 1.82) is 0 Å². The maximum atomic E-state index is 12.6. The number of aromatic nitrogens is 3. The average Bonchev–Trinajstić information content (AvgIpc) is 3.19. The Bertz CT molecular complexity index is 876. The zero-order valence-corrected chi connectivity index (χ0v) is 13.3. The van der Waals surface area contributed by atoms with E-state index in [1.165, 1.54) is 29.7 Å². The van der Waals surface area contributed by atoms with Gasteiger partial charge in [-0.15, -0.1) is 10.2 Å². The highest BCUT2D eigenvalue weighted by Gasteiger charge is 2.28. The minimum absolute atomic E-state index is 0.148. The lowest BCUT2D eigenvalue weighted by molar-refractivity contribution is 0.102. The van der Waals surface area contributed by atoms with E-state index < -0.39 is 0 Å². The SMILES string of the molecule is Cc1[nH]c2c(C(=O)Nc3nnc(C4CC4)s3)cccc2c1C. The number of para-hydroxylation sites is 1.